The molecule has 1 saturated heterocycles. The number of esters is 1. The summed E-state index contributed by atoms with van der Waals surface area (Å²) < 4.78 is 16.5. The summed E-state index contributed by atoms with van der Waals surface area (Å²) in [7, 11) is 0. The molecule has 5 heterocycles. The van der Waals surface area contributed by atoms with E-state index in [0.717, 1.165) is 15.8 Å². The summed E-state index contributed by atoms with van der Waals surface area (Å²) in [6.07, 6.45) is 3.19. The number of nitrogen functional groups attached to an aromatic ring is 2. The predicted molar refractivity (Wildman–Crippen MR) is 137 cm³/mol. The summed E-state index contributed by atoms with van der Waals surface area (Å²) in [6.45, 7) is 5.46. The molecule has 0 spiro atoms. The van der Waals surface area contributed by atoms with Gasteiger partial charge in [-0.25, -0.2) is 9.97 Å². The Morgan fingerprint density at radius 2 is 1.88 bits per heavy atom. The van der Waals surface area contributed by atoms with Crippen LogP contribution in [0.3, 0.4) is 0 Å². The highest BCUT2D eigenvalue weighted by Crippen LogP contribution is 2.40. The molecule has 0 aliphatic carbocycles. The molecule has 0 radical (unpaired) electrons. The van der Waals surface area contributed by atoms with Crippen LogP contribution < -0.4 is 11.5 Å². The third kappa shape index (κ3) is 4.93. The van der Waals surface area contributed by atoms with Crippen molar-refractivity contribution in [3.63, 3.8) is 0 Å². The minimum atomic E-state index is -0.505. The van der Waals surface area contributed by atoms with Crippen LogP contribution in [0.2, 0.25) is 0 Å². The molecule has 0 aromatic carbocycles. The average molecular weight is 539 g/mol. The van der Waals surface area contributed by atoms with Gasteiger partial charge in [0, 0.05) is 12.8 Å². The number of nitrogens with zero attached hydrogens (tertiary/aromatic N) is 5. The molecule has 1 fully saturated rings. The van der Waals surface area contributed by atoms with Crippen molar-refractivity contribution in [2.75, 3.05) is 11.5 Å². The number of carbonyl (C=O) groups excluding carboxylic acids is 1. The zero-order valence-corrected chi connectivity index (χ0v) is 21.7. The topological polar surface area (TPSA) is 160 Å². The summed E-state index contributed by atoms with van der Waals surface area (Å²) in [5.41, 5.74) is 12.4. The number of nitrogens with one attached hydrogen (secondary N) is 1. The second-order valence-electron chi connectivity index (χ2n) is 7.52. The quantitative estimate of drug-likeness (QED) is 0.255. The lowest BCUT2D eigenvalue weighted by molar-refractivity contribution is -0.153. The molecule has 4 aromatic heterocycles. The minimum Gasteiger partial charge on any atom is -0.457 e. The van der Waals surface area contributed by atoms with Crippen molar-refractivity contribution in [3.8, 4) is 0 Å². The number of H-pyrrole nitrogens is 1. The lowest BCUT2D eigenvalue weighted by Gasteiger charge is -2.22. The number of rotatable bonds is 3. The Morgan fingerprint density at radius 1 is 1.21 bits per heavy atom. The Labute approximate surface area is 212 Å². The van der Waals surface area contributed by atoms with E-state index in [0.29, 0.717) is 19.2 Å². The molecule has 11 nitrogen and oxygen atoms in total. The molecule has 5 N–H and O–H groups in total. The van der Waals surface area contributed by atoms with Gasteiger partial charge in [0.1, 0.15) is 0 Å². The molecule has 1 aliphatic rings. The Bertz CT molecular complexity index is 1460. The summed E-state index contributed by atoms with van der Waals surface area (Å²) >= 11 is 13.2. The van der Waals surface area contributed by atoms with Gasteiger partial charge in [-0.2, -0.15) is 9.97 Å². The molecular weight excluding hydrogens is 517 g/mol. The highest BCUT2D eigenvalue weighted by molar-refractivity contribution is 7.74. The van der Waals surface area contributed by atoms with Crippen LogP contribution in [0.25, 0.3) is 20.7 Å². The monoisotopic (exact) mass is 538 g/mol. The maximum absolute atomic E-state index is 11.5. The van der Waals surface area contributed by atoms with Gasteiger partial charge >= 0.3 is 5.97 Å². The van der Waals surface area contributed by atoms with Crippen LogP contribution >= 0.6 is 47.1 Å². The van der Waals surface area contributed by atoms with Crippen molar-refractivity contribution in [1.82, 2.24) is 29.5 Å². The van der Waals surface area contributed by atoms with Crippen molar-refractivity contribution in [1.29, 1.82) is 0 Å². The fourth-order valence-electron chi connectivity index (χ4n) is 3.73. The summed E-state index contributed by atoms with van der Waals surface area (Å²) in [5.74, 6) is 0.153. The standard InChI is InChI=1S/C14H18N4O3S2.C5H4N4S2/c1-4-8-6(2)10(20-7(3)19)12(21-8)18-11-9(23-14(18)22)5-16-13(15)17-11;6-4-7-1-2-3(8-4)9-5(10)11-2/h5-6,8,10,12H,4H2,1-3H3,(H2,15,16,17);1H,(H3,6,7,8,9,10)/t6-,8-,10-,12-;/m1./s1. The van der Waals surface area contributed by atoms with Gasteiger partial charge in [-0.1, -0.05) is 13.8 Å². The number of aromatic amines is 1. The van der Waals surface area contributed by atoms with Crippen molar-refractivity contribution in [2.24, 2.45) is 5.92 Å². The Kier molecular flexibility index (Phi) is 7.18. The number of fused-ring (bicyclic) bond motifs is 2. The third-order valence-corrected chi connectivity index (χ3v) is 7.72. The first-order valence-electron chi connectivity index (χ1n) is 10.3. The van der Waals surface area contributed by atoms with Gasteiger partial charge < -0.3 is 25.9 Å². The van der Waals surface area contributed by atoms with Gasteiger partial charge in [0.25, 0.3) is 0 Å². The van der Waals surface area contributed by atoms with Crippen LogP contribution in [0.1, 0.15) is 33.4 Å². The second-order valence-corrected chi connectivity index (χ2v) is 10.9. The normalized spacial score (nSPS) is 22.0. The number of carbonyl (C=O) groups is 1. The van der Waals surface area contributed by atoms with E-state index in [1.54, 1.807) is 17.0 Å². The Hall–Kier alpha value is -2.59. The zero-order chi connectivity index (χ0) is 24.6. The first kappa shape index (κ1) is 24.5. The maximum Gasteiger partial charge on any atom is 0.303 e. The van der Waals surface area contributed by atoms with Gasteiger partial charge in [-0.05, 0) is 30.9 Å². The minimum absolute atomic E-state index is 0.0135. The van der Waals surface area contributed by atoms with Crippen LogP contribution in [-0.2, 0) is 14.3 Å². The molecular formula is C19H22N8O3S4. The van der Waals surface area contributed by atoms with E-state index in [1.807, 2.05) is 13.8 Å². The van der Waals surface area contributed by atoms with Gasteiger partial charge in [-0.15, -0.1) is 22.7 Å². The molecule has 34 heavy (non-hydrogen) atoms. The van der Waals surface area contributed by atoms with Crippen LogP contribution in [0.5, 0.6) is 0 Å². The van der Waals surface area contributed by atoms with E-state index in [-0.39, 0.29) is 29.9 Å². The fraction of sp³-hybridized carbons (Fsp3) is 0.421. The predicted octanol–water partition coefficient (Wildman–Crippen LogP) is 4.01. The van der Waals surface area contributed by atoms with E-state index in [9.17, 15) is 4.79 Å². The summed E-state index contributed by atoms with van der Waals surface area (Å²) in [6, 6.07) is 0. The number of nitrogens with two attached hydrogens (primary N) is 2. The first-order chi connectivity index (χ1) is 16.2. The van der Waals surface area contributed by atoms with Crippen molar-refractivity contribution < 1.29 is 14.3 Å². The molecule has 0 saturated carbocycles. The average Bonchev–Trinajstić information content (AvgIpc) is 3.40. The van der Waals surface area contributed by atoms with Crippen molar-refractivity contribution >= 4 is 85.7 Å². The number of ether oxygens (including phenoxy) is 2. The van der Waals surface area contributed by atoms with Gasteiger partial charge in [0.05, 0.1) is 27.9 Å². The van der Waals surface area contributed by atoms with Crippen LogP contribution in [-0.4, -0.2) is 47.7 Å². The lowest BCUT2D eigenvalue weighted by atomic mass is 9.98. The number of hydrogen-bond donors (Lipinski definition) is 3. The van der Waals surface area contributed by atoms with E-state index in [4.69, 9.17) is 45.4 Å². The molecule has 0 bridgehead atoms. The van der Waals surface area contributed by atoms with E-state index in [2.05, 4.69) is 24.9 Å². The van der Waals surface area contributed by atoms with Gasteiger partial charge in [0.2, 0.25) is 11.9 Å². The molecule has 180 valence electrons. The molecule has 0 amide bonds. The molecule has 0 unspecified atom stereocenters. The van der Waals surface area contributed by atoms with Crippen LogP contribution in [0.4, 0.5) is 11.9 Å². The molecule has 15 heteroatoms. The Morgan fingerprint density at radius 3 is 2.56 bits per heavy atom. The highest BCUT2D eigenvalue weighted by Gasteiger charge is 2.45. The van der Waals surface area contributed by atoms with Crippen LogP contribution in [0.15, 0.2) is 12.4 Å². The zero-order valence-electron chi connectivity index (χ0n) is 18.4. The fourth-order valence-corrected chi connectivity index (χ4v) is 6.02. The number of hydrogen-bond acceptors (Lipinski definition) is 13. The lowest BCUT2D eigenvalue weighted by Crippen LogP contribution is -2.29. The van der Waals surface area contributed by atoms with E-state index >= 15 is 0 Å². The number of anilines is 2. The van der Waals surface area contributed by atoms with Crippen molar-refractivity contribution in [3.05, 3.63) is 20.3 Å². The van der Waals surface area contributed by atoms with E-state index < -0.39 is 12.3 Å². The van der Waals surface area contributed by atoms with Crippen molar-refractivity contribution in [2.45, 2.75) is 45.6 Å². The molecule has 5 rings (SSSR count). The first-order valence-corrected chi connectivity index (χ1v) is 12.7. The molecule has 4 aromatic rings. The highest BCUT2D eigenvalue weighted by atomic mass is 32.2. The number of thiazole rings is 2. The number of aromatic nitrogens is 6. The SMILES string of the molecule is CC[C@H]1O[C@@H](n2c(=S)sc3cnc(N)nc32)[C@H](OC(C)=O)[C@@H]1C.Nc1ncc2sc(=S)[nH]c2n1. The van der Waals surface area contributed by atoms with Gasteiger partial charge in [-0.3, -0.25) is 9.36 Å². The largest absolute Gasteiger partial charge is 0.457 e. The summed E-state index contributed by atoms with van der Waals surface area (Å²) in [5, 5.41) is 0. The third-order valence-electron chi connectivity index (χ3n) is 5.23. The smallest absolute Gasteiger partial charge is 0.303 e. The molecule has 4 atom stereocenters. The van der Waals surface area contributed by atoms with Gasteiger partial charge in [0.15, 0.2) is 31.5 Å². The molecule has 1 aliphatic heterocycles. The summed E-state index contributed by atoms with van der Waals surface area (Å²) in [4.78, 5) is 30.5. The maximum atomic E-state index is 11.5. The second kappa shape index (κ2) is 9.95. The van der Waals surface area contributed by atoms with E-state index in [1.165, 1.54) is 29.6 Å². The Balaban J connectivity index is 0.000000207. The van der Waals surface area contributed by atoms with Crippen LogP contribution in [0, 0.1) is 13.8 Å².